The predicted molar refractivity (Wildman–Crippen MR) is 64.4 cm³/mol. The van der Waals surface area contributed by atoms with Crippen LogP contribution in [0.2, 0.25) is 0 Å². The smallest absolute Gasteiger partial charge is 0.282 e. The fourth-order valence-corrected chi connectivity index (χ4v) is 1.47. The second-order valence-electron chi connectivity index (χ2n) is 3.50. The first kappa shape index (κ1) is 12.3. The van der Waals surface area contributed by atoms with Gasteiger partial charge in [-0.3, -0.25) is 20.0 Å². The van der Waals surface area contributed by atoms with Gasteiger partial charge in [0.1, 0.15) is 23.0 Å². The van der Waals surface area contributed by atoms with E-state index < -0.39 is 10.8 Å². The molecule has 1 aromatic heterocycles. The van der Waals surface area contributed by atoms with Crippen molar-refractivity contribution in [1.29, 1.82) is 5.26 Å². The highest BCUT2D eigenvalue weighted by molar-refractivity contribution is 6.07. The molecule has 0 atom stereocenters. The number of nitrogens with zero attached hydrogens (tertiary/aromatic N) is 3. The van der Waals surface area contributed by atoms with E-state index >= 15 is 0 Å². The maximum absolute atomic E-state index is 11.9. The third-order valence-corrected chi connectivity index (χ3v) is 2.34. The molecule has 94 valence electrons. The van der Waals surface area contributed by atoms with Gasteiger partial charge in [0.25, 0.3) is 11.6 Å². The number of anilines is 1. The molecule has 0 aliphatic rings. The standard InChI is InChI=1S/C11H7N5O3/c12-5-7-6-13-15-10(7)14-11(17)8-3-1-2-4-9(8)16(18)19/h1-4,6H,(H2,13,14,15,17). The van der Waals surface area contributed by atoms with Gasteiger partial charge in [-0.05, 0) is 6.07 Å². The van der Waals surface area contributed by atoms with Crippen molar-refractivity contribution in [1.82, 2.24) is 10.2 Å². The zero-order valence-electron chi connectivity index (χ0n) is 9.45. The molecule has 0 aliphatic heterocycles. The molecular formula is C11H7N5O3. The first-order valence-corrected chi connectivity index (χ1v) is 5.11. The van der Waals surface area contributed by atoms with Crippen LogP contribution in [0.15, 0.2) is 30.5 Å². The van der Waals surface area contributed by atoms with Crippen molar-refractivity contribution in [3.8, 4) is 6.07 Å². The minimum atomic E-state index is -0.687. The minimum absolute atomic E-state index is 0.0917. The van der Waals surface area contributed by atoms with Crippen LogP contribution >= 0.6 is 0 Å². The van der Waals surface area contributed by atoms with Crippen molar-refractivity contribution < 1.29 is 9.72 Å². The molecule has 0 fully saturated rings. The molecular weight excluding hydrogens is 250 g/mol. The van der Waals surface area contributed by atoms with Crippen LogP contribution in [0.5, 0.6) is 0 Å². The number of rotatable bonds is 3. The van der Waals surface area contributed by atoms with E-state index in [2.05, 4.69) is 15.5 Å². The molecule has 0 radical (unpaired) electrons. The summed E-state index contributed by atoms with van der Waals surface area (Å²) in [5.74, 6) is -0.585. The second-order valence-corrected chi connectivity index (χ2v) is 3.50. The van der Waals surface area contributed by atoms with E-state index in [1.165, 1.54) is 30.5 Å². The van der Waals surface area contributed by atoms with Crippen molar-refractivity contribution in [3.05, 3.63) is 51.7 Å². The fraction of sp³-hybridized carbons (Fsp3) is 0. The van der Waals surface area contributed by atoms with Crippen LogP contribution in [0.4, 0.5) is 11.5 Å². The van der Waals surface area contributed by atoms with Gasteiger partial charge in [-0.25, -0.2) is 0 Å². The number of nitriles is 1. The SMILES string of the molecule is N#Cc1cn[nH]c1NC(=O)c1ccccc1[N+](=O)[O-]. The Kier molecular flexibility index (Phi) is 3.20. The number of para-hydroxylation sites is 1. The Morgan fingerprint density at radius 3 is 2.89 bits per heavy atom. The number of amides is 1. The normalized spacial score (nSPS) is 9.63. The number of hydrogen-bond acceptors (Lipinski definition) is 5. The number of hydrogen-bond donors (Lipinski definition) is 2. The number of nitro benzene ring substituents is 1. The maximum Gasteiger partial charge on any atom is 0.282 e. The molecule has 0 aliphatic carbocycles. The summed E-state index contributed by atoms with van der Waals surface area (Å²) in [6.45, 7) is 0. The van der Waals surface area contributed by atoms with Gasteiger partial charge in [0.2, 0.25) is 0 Å². The van der Waals surface area contributed by atoms with Gasteiger partial charge in [0.15, 0.2) is 0 Å². The molecule has 8 nitrogen and oxygen atoms in total. The van der Waals surface area contributed by atoms with Crippen LogP contribution in [-0.2, 0) is 0 Å². The zero-order valence-corrected chi connectivity index (χ0v) is 9.45. The van der Waals surface area contributed by atoms with Crippen molar-refractivity contribution in [2.75, 3.05) is 5.32 Å². The van der Waals surface area contributed by atoms with Crippen LogP contribution in [0.25, 0.3) is 0 Å². The van der Waals surface area contributed by atoms with Crippen LogP contribution in [-0.4, -0.2) is 21.0 Å². The van der Waals surface area contributed by atoms with Gasteiger partial charge >= 0.3 is 0 Å². The van der Waals surface area contributed by atoms with E-state index in [9.17, 15) is 14.9 Å². The summed E-state index contributed by atoms with van der Waals surface area (Å²) in [6, 6.07) is 7.36. The molecule has 2 N–H and O–H groups in total. The van der Waals surface area contributed by atoms with Crippen LogP contribution in [0.1, 0.15) is 15.9 Å². The maximum atomic E-state index is 11.9. The third kappa shape index (κ3) is 2.39. The minimum Gasteiger partial charge on any atom is -0.306 e. The van der Waals surface area contributed by atoms with E-state index in [4.69, 9.17) is 5.26 Å². The highest BCUT2D eigenvalue weighted by Crippen LogP contribution is 2.19. The summed E-state index contributed by atoms with van der Waals surface area (Å²) < 4.78 is 0. The molecule has 2 rings (SSSR count). The Balaban J connectivity index is 2.31. The molecule has 8 heteroatoms. The Bertz CT molecular complexity index is 686. The highest BCUT2D eigenvalue weighted by Gasteiger charge is 2.20. The van der Waals surface area contributed by atoms with Gasteiger partial charge in [-0.15, -0.1) is 0 Å². The van der Waals surface area contributed by atoms with E-state index in [-0.39, 0.29) is 22.6 Å². The van der Waals surface area contributed by atoms with E-state index in [1.54, 1.807) is 0 Å². The average molecular weight is 257 g/mol. The van der Waals surface area contributed by atoms with Crippen molar-refractivity contribution in [2.24, 2.45) is 0 Å². The van der Waals surface area contributed by atoms with E-state index in [1.807, 2.05) is 6.07 Å². The van der Waals surface area contributed by atoms with E-state index in [0.717, 1.165) is 0 Å². The molecule has 0 saturated carbocycles. The summed E-state index contributed by atoms with van der Waals surface area (Å²) in [6.07, 6.45) is 1.25. The summed E-state index contributed by atoms with van der Waals surface area (Å²) in [5.41, 5.74) is -0.254. The fourth-order valence-electron chi connectivity index (χ4n) is 1.47. The van der Waals surface area contributed by atoms with Crippen LogP contribution in [0, 0.1) is 21.4 Å². The molecule has 1 amide bonds. The van der Waals surface area contributed by atoms with Gasteiger partial charge in [0.05, 0.1) is 11.1 Å². The number of H-pyrrole nitrogens is 1. The third-order valence-electron chi connectivity index (χ3n) is 2.34. The lowest BCUT2D eigenvalue weighted by Gasteiger charge is -2.03. The number of aromatic nitrogens is 2. The van der Waals surface area contributed by atoms with Gasteiger partial charge < -0.3 is 5.32 Å². The van der Waals surface area contributed by atoms with Crippen molar-refractivity contribution >= 4 is 17.4 Å². The molecule has 1 aromatic carbocycles. The predicted octanol–water partition coefficient (Wildman–Crippen LogP) is 1.44. The Morgan fingerprint density at radius 1 is 1.47 bits per heavy atom. The van der Waals surface area contributed by atoms with Gasteiger partial charge in [-0.1, -0.05) is 12.1 Å². The second kappa shape index (κ2) is 4.97. The summed E-state index contributed by atoms with van der Waals surface area (Å²) in [4.78, 5) is 22.1. The first-order chi connectivity index (χ1) is 9.13. The Hall–Kier alpha value is -3.21. The lowest BCUT2D eigenvalue weighted by molar-refractivity contribution is -0.385. The monoisotopic (exact) mass is 257 g/mol. The van der Waals surface area contributed by atoms with Crippen molar-refractivity contribution in [3.63, 3.8) is 0 Å². The lowest BCUT2D eigenvalue weighted by Crippen LogP contribution is -2.14. The number of carbonyl (C=O) groups is 1. The van der Waals surface area contributed by atoms with Crippen molar-refractivity contribution in [2.45, 2.75) is 0 Å². The number of aromatic amines is 1. The van der Waals surface area contributed by atoms with E-state index in [0.29, 0.717) is 0 Å². The molecule has 0 unspecified atom stereocenters. The first-order valence-electron chi connectivity index (χ1n) is 5.11. The molecule has 1 heterocycles. The summed E-state index contributed by atoms with van der Waals surface area (Å²) in [7, 11) is 0. The topological polar surface area (TPSA) is 125 Å². The molecule has 2 aromatic rings. The molecule has 0 saturated heterocycles. The molecule has 0 bridgehead atoms. The molecule has 0 spiro atoms. The number of nitrogens with one attached hydrogen (secondary N) is 2. The summed E-state index contributed by atoms with van der Waals surface area (Å²) in [5, 5.41) is 28.0. The quantitative estimate of drug-likeness (QED) is 0.635. The number of carbonyl (C=O) groups excluding carboxylic acids is 1. The van der Waals surface area contributed by atoms with Crippen LogP contribution < -0.4 is 5.32 Å². The Morgan fingerprint density at radius 2 is 2.21 bits per heavy atom. The summed E-state index contributed by atoms with van der Waals surface area (Å²) >= 11 is 0. The number of nitro groups is 1. The van der Waals surface area contributed by atoms with Gasteiger partial charge in [-0.2, -0.15) is 10.4 Å². The average Bonchev–Trinajstić information content (AvgIpc) is 2.85. The molecule has 19 heavy (non-hydrogen) atoms. The van der Waals surface area contributed by atoms with Gasteiger partial charge in [0, 0.05) is 6.07 Å². The van der Waals surface area contributed by atoms with Crippen LogP contribution in [0.3, 0.4) is 0 Å². The Labute approximate surface area is 106 Å². The largest absolute Gasteiger partial charge is 0.306 e. The highest BCUT2D eigenvalue weighted by atomic mass is 16.6. The zero-order chi connectivity index (χ0) is 13.8. The lowest BCUT2D eigenvalue weighted by atomic mass is 10.1. The number of benzene rings is 1.